The average molecular weight is 304 g/mol. The number of nitrogens with zero attached hydrogens (tertiary/aromatic N) is 1. The zero-order valence-corrected chi connectivity index (χ0v) is 12.7. The molecule has 0 aliphatic carbocycles. The Hall–Kier alpha value is -2.37. The van der Waals surface area contributed by atoms with Crippen LogP contribution in [0.15, 0.2) is 30.3 Å². The fourth-order valence-electron chi connectivity index (χ4n) is 2.50. The number of hydrogen-bond donors (Lipinski definition) is 1. The Morgan fingerprint density at radius 1 is 1.27 bits per heavy atom. The SMILES string of the molecule is C[C@H](OC(=O)[C@H]1CC(=O)N([C@H](C)c2ccccc2)C1)C(N)=O. The zero-order valence-electron chi connectivity index (χ0n) is 12.7. The molecular weight excluding hydrogens is 284 g/mol. The van der Waals surface area contributed by atoms with Gasteiger partial charge in [-0.1, -0.05) is 30.3 Å². The molecule has 1 aliphatic heterocycles. The van der Waals surface area contributed by atoms with Gasteiger partial charge < -0.3 is 15.4 Å². The third-order valence-corrected chi connectivity index (χ3v) is 3.93. The summed E-state index contributed by atoms with van der Waals surface area (Å²) < 4.78 is 4.99. The highest BCUT2D eigenvalue weighted by Gasteiger charge is 2.38. The number of likely N-dealkylation sites (tertiary alicyclic amines) is 1. The van der Waals surface area contributed by atoms with Crippen LogP contribution in [0.3, 0.4) is 0 Å². The van der Waals surface area contributed by atoms with Gasteiger partial charge >= 0.3 is 5.97 Å². The third kappa shape index (κ3) is 3.44. The van der Waals surface area contributed by atoms with Gasteiger partial charge in [-0.25, -0.2) is 0 Å². The summed E-state index contributed by atoms with van der Waals surface area (Å²) in [5, 5.41) is 0. The molecule has 1 heterocycles. The number of carbonyl (C=O) groups excluding carboxylic acids is 3. The van der Waals surface area contributed by atoms with E-state index in [9.17, 15) is 14.4 Å². The van der Waals surface area contributed by atoms with E-state index in [4.69, 9.17) is 10.5 Å². The molecule has 0 radical (unpaired) electrons. The third-order valence-electron chi connectivity index (χ3n) is 3.93. The lowest BCUT2D eigenvalue weighted by Crippen LogP contribution is -2.34. The van der Waals surface area contributed by atoms with Gasteiger partial charge in [0.2, 0.25) is 5.91 Å². The van der Waals surface area contributed by atoms with Gasteiger partial charge in [-0.2, -0.15) is 0 Å². The van der Waals surface area contributed by atoms with Crippen molar-refractivity contribution in [3.63, 3.8) is 0 Å². The normalized spacial score (nSPS) is 20.5. The molecular formula is C16H20N2O4. The first-order chi connectivity index (χ1) is 10.4. The number of nitrogens with two attached hydrogens (primary N) is 1. The Bertz CT molecular complexity index is 573. The van der Waals surface area contributed by atoms with Crippen molar-refractivity contribution in [3.8, 4) is 0 Å². The molecule has 1 aromatic rings. The second-order valence-corrected chi connectivity index (χ2v) is 5.52. The van der Waals surface area contributed by atoms with Crippen LogP contribution < -0.4 is 5.73 Å². The molecule has 6 nitrogen and oxygen atoms in total. The molecule has 0 bridgehead atoms. The Morgan fingerprint density at radius 3 is 2.50 bits per heavy atom. The number of ether oxygens (including phenoxy) is 1. The van der Waals surface area contributed by atoms with Crippen LogP contribution in [0, 0.1) is 5.92 Å². The van der Waals surface area contributed by atoms with Gasteiger partial charge in [0.05, 0.1) is 12.0 Å². The molecule has 1 aliphatic rings. The number of amides is 2. The number of carbonyl (C=O) groups is 3. The highest BCUT2D eigenvalue weighted by molar-refractivity contribution is 5.88. The first kappa shape index (κ1) is 16.0. The Morgan fingerprint density at radius 2 is 1.91 bits per heavy atom. The van der Waals surface area contributed by atoms with Crippen LogP contribution in [-0.4, -0.2) is 35.3 Å². The number of hydrogen-bond acceptors (Lipinski definition) is 4. The summed E-state index contributed by atoms with van der Waals surface area (Å²) in [7, 11) is 0. The van der Waals surface area contributed by atoms with E-state index < -0.39 is 23.9 Å². The van der Waals surface area contributed by atoms with Gasteiger partial charge in [-0.3, -0.25) is 14.4 Å². The molecule has 1 aromatic carbocycles. The number of esters is 1. The second kappa shape index (κ2) is 6.60. The van der Waals surface area contributed by atoms with Crippen LogP contribution >= 0.6 is 0 Å². The first-order valence-corrected chi connectivity index (χ1v) is 7.24. The van der Waals surface area contributed by atoms with E-state index in [1.54, 1.807) is 4.90 Å². The summed E-state index contributed by atoms with van der Waals surface area (Å²) in [5.41, 5.74) is 6.08. The molecule has 2 N–H and O–H groups in total. The summed E-state index contributed by atoms with van der Waals surface area (Å²) in [6, 6.07) is 9.50. The van der Waals surface area contributed by atoms with Crippen molar-refractivity contribution in [1.82, 2.24) is 4.90 Å². The molecule has 0 aromatic heterocycles. The minimum atomic E-state index is -0.983. The lowest BCUT2D eigenvalue weighted by atomic mass is 10.1. The molecule has 6 heteroatoms. The summed E-state index contributed by atoms with van der Waals surface area (Å²) in [4.78, 5) is 36.8. The van der Waals surface area contributed by atoms with Crippen molar-refractivity contribution >= 4 is 17.8 Å². The maximum absolute atomic E-state index is 12.2. The first-order valence-electron chi connectivity index (χ1n) is 7.24. The van der Waals surface area contributed by atoms with E-state index in [1.807, 2.05) is 37.3 Å². The van der Waals surface area contributed by atoms with Gasteiger partial charge in [-0.15, -0.1) is 0 Å². The van der Waals surface area contributed by atoms with Gasteiger partial charge in [0.15, 0.2) is 6.10 Å². The zero-order chi connectivity index (χ0) is 16.3. The molecule has 3 atom stereocenters. The molecule has 0 unspecified atom stereocenters. The van der Waals surface area contributed by atoms with Gasteiger partial charge in [0.1, 0.15) is 0 Å². The van der Waals surface area contributed by atoms with Crippen LogP contribution in [0.2, 0.25) is 0 Å². The van der Waals surface area contributed by atoms with Gasteiger partial charge in [-0.05, 0) is 19.4 Å². The number of rotatable bonds is 5. The largest absolute Gasteiger partial charge is 0.452 e. The summed E-state index contributed by atoms with van der Waals surface area (Å²) >= 11 is 0. The van der Waals surface area contributed by atoms with Crippen LogP contribution in [0.1, 0.15) is 31.9 Å². The minimum absolute atomic E-state index is 0.0926. The lowest BCUT2D eigenvalue weighted by Gasteiger charge is -2.25. The summed E-state index contributed by atoms with van der Waals surface area (Å²) in [6.07, 6.45) is -0.884. The monoisotopic (exact) mass is 304 g/mol. The van der Waals surface area contributed by atoms with Crippen LogP contribution in [0.25, 0.3) is 0 Å². The van der Waals surface area contributed by atoms with Crippen molar-refractivity contribution in [2.75, 3.05) is 6.54 Å². The molecule has 2 amide bonds. The maximum Gasteiger partial charge on any atom is 0.312 e. The predicted molar refractivity (Wildman–Crippen MR) is 79.4 cm³/mol. The van der Waals surface area contributed by atoms with Crippen molar-refractivity contribution in [2.24, 2.45) is 11.7 Å². The van der Waals surface area contributed by atoms with E-state index in [0.29, 0.717) is 6.54 Å². The Balaban J connectivity index is 2.01. The smallest absolute Gasteiger partial charge is 0.312 e. The standard InChI is InChI=1S/C16H20N2O4/c1-10(12-6-4-3-5-7-12)18-9-13(8-14(18)19)16(21)22-11(2)15(17)20/h3-7,10-11,13H,8-9H2,1-2H3,(H2,17,20)/t10-,11+,13+/m1/s1. The van der Waals surface area contributed by atoms with E-state index >= 15 is 0 Å². The van der Waals surface area contributed by atoms with Crippen molar-refractivity contribution in [3.05, 3.63) is 35.9 Å². The summed E-state index contributed by atoms with van der Waals surface area (Å²) in [5.74, 6) is -1.90. The topological polar surface area (TPSA) is 89.7 Å². The molecule has 0 spiro atoms. The molecule has 1 fully saturated rings. The number of benzene rings is 1. The van der Waals surface area contributed by atoms with Gasteiger partial charge in [0.25, 0.3) is 5.91 Å². The van der Waals surface area contributed by atoms with E-state index in [0.717, 1.165) is 5.56 Å². The fraction of sp³-hybridized carbons (Fsp3) is 0.438. The molecule has 1 saturated heterocycles. The van der Waals surface area contributed by atoms with E-state index in [-0.39, 0.29) is 18.4 Å². The van der Waals surface area contributed by atoms with E-state index in [2.05, 4.69) is 0 Å². The summed E-state index contributed by atoms with van der Waals surface area (Å²) in [6.45, 7) is 3.63. The van der Waals surface area contributed by atoms with Crippen LogP contribution in [0.4, 0.5) is 0 Å². The average Bonchev–Trinajstić information content (AvgIpc) is 2.89. The predicted octanol–water partition coefficient (Wildman–Crippen LogP) is 1.01. The molecule has 2 rings (SSSR count). The quantitative estimate of drug-likeness (QED) is 0.822. The van der Waals surface area contributed by atoms with Crippen molar-refractivity contribution in [2.45, 2.75) is 32.4 Å². The van der Waals surface area contributed by atoms with Crippen LogP contribution in [-0.2, 0) is 19.1 Å². The maximum atomic E-state index is 12.2. The Labute approximate surface area is 129 Å². The number of primary amides is 1. The molecule has 118 valence electrons. The van der Waals surface area contributed by atoms with Crippen molar-refractivity contribution < 1.29 is 19.1 Å². The van der Waals surface area contributed by atoms with Crippen LogP contribution in [0.5, 0.6) is 0 Å². The minimum Gasteiger partial charge on any atom is -0.452 e. The second-order valence-electron chi connectivity index (χ2n) is 5.52. The van der Waals surface area contributed by atoms with Crippen molar-refractivity contribution in [1.29, 1.82) is 0 Å². The molecule has 22 heavy (non-hydrogen) atoms. The highest BCUT2D eigenvalue weighted by Crippen LogP contribution is 2.29. The van der Waals surface area contributed by atoms with E-state index in [1.165, 1.54) is 6.92 Å². The molecule has 0 saturated carbocycles. The fourth-order valence-corrected chi connectivity index (χ4v) is 2.50. The lowest BCUT2D eigenvalue weighted by molar-refractivity contribution is -0.157. The highest BCUT2D eigenvalue weighted by atomic mass is 16.5. The van der Waals surface area contributed by atoms with Gasteiger partial charge in [0, 0.05) is 13.0 Å². The Kier molecular flexibility index (Phi) is 4.80.